The van der Waals surface area contributed by atoms with Crippen LogP contribution in [0.1, 0.15) is 22.8 Å². The summed E-state index contributed by atoms with van der Waals surface area (Å²) in [7, 11) is -2.15. The molecule has 8 heteroatoms. The molecular weight excluding hydrogens is 388 g/mol. The molecule has 0 saturated heterocycles. The average Bonchev–Trinajstić information content (AvgIpc) is 2.63. The van der Waals surface area contributed by atoms with Gasteiger partial charge in [-0.05, 0) is 55.3 Å². The van der Waals surface area contributed by atoms with Crippen molar-refractivity contribution in [3.8, 4) is 0 Å². The van der Waals surface area contributed by atoms with Gasteiger partial charge in [-0.15, -0.1) is 0 Å². The van der Waals surface area contributed by atoms with Gasteiger partial charge in [0.1, 0.15) is 0 Å². The topological polar surface area (TPSA) is 84.5 Å². The molecule has 0 unspecified atom stereocenters. The molecule has 0 saturated carbocycles. The van der Waals surface area contributed by atoms with Crippen molar-refractivity contribution in [2.24, 2.45) is 0 Å². The molecule has 0 fully saturated rings. The van der Waals surface area contributed by atoms with Crippen LogP contribution in [0.2, 0.25) is 5.02 Å². The van der Waals surface area contributed by atoms with Crippen LogP contribution in [-0.2, 0) is 21.2 Å². The summed E-state index contributed by atoms with van der Waals surface area (Å²) >= 11 is 5.84. The molecule has 2 aromatic rings. The predicted molar refractivity (Wildman–Crippen MR) is 106 cm³/mol. The molecule has 0 bridgehead atoms. The lowest BCUT2D eigenvalue weighted by atomic mass is 10.1. The third-order valence-electron chi connectivity index (χ3n) is 3.81. The molecule has 0 radical (unpaired) electrons. The van der Waals surface area contributed by atoms with E-state index in [4.69, 9.17) is 16.3 Å². The number of methoxy groups -OCH3 is 1. The minimum Gasteiger partial charge on any atom is -0.383 e. The summed E-state index contributed by atoms with van der Waals surface area (Å²) in [6, 6.07) is 12.9. The monoisotopic (exact) mass is 410 g/mol. The molecule has 2 N–H and O–H groups in total. The molecule has 0 aliphatic rings. The molecule has 2 rings (SSSR count). The largest absolute Gasteiger partial charge is 0.383 e. The van der Waals surface area contributed by atoms with Crippen LogP contribution in [-0.4, -0.2) is 40.6 Å². The van der Waals surface area contributed by atoms with Crippen molar-refractivity contribution in [2.75, 3.05) is 20.3 Å². The maximum atomic E-state index is 12.3. The summed E-state index contributed by atoms with van der Waals surface area (Å²) in [6.07, 6.45) is 0.677. The first-order valence-electron chi connectivity index (χ1n) is 8.46. The highest BCUT2D eigenvalue weighted by atomic mass is 35.5. The van der Waals surface area contributed by atoms with Crippen LogP contribution in [0.4, 0.5) is 0 Å². The zero-order valence-electron chi connectivity index (χ0n) is 15.2. The fourth-order valence-electron chi connectivity index (χ4n) is 2.48. The molecule has 1 amide bonds. The smallest absolute Gasteiger partial charge is 0.251 e. The Bertz CT molecular complexity index is 852. The van der Waals surface area contributed by atoms with Crippen LogP contribution < -0.4 is 10.0 Å². The maximum Gasteiger partial charge on any atom is 0.251 e. The molecule has 6 nitrogen and oxygen atoms in total. The Morgan fingerprint density at radius 2 is 1.74 bits per heavy atom. The van der Waals surface area contributed by atoms with Gasteiger partial charge in [0.25, 0.3) is 5.91 Å². The van der Waals surface area contributed by atoms with Crippen LogP contribution in [0.5, 0.6) is 0 Å². The van der Waals surface area contributed by atoms with Crippen molar-refractivity contribution in [3.63, 3.8) is 0 Å². The normalized spacial score (nSPS) is 12.6. The molecule has 0 heterocycles. The number of hydrogen-bond acceptors (Lipinski definition) is 4. The lowest BCUT2D eigenvalue weighted by Crippen LogP contribution is -2.35. The number of amides is 1. The summed E-state index contributed by atoms with van der Waals surface area (Å²) in [5.41, 5.74) is 1.47. The quantitative estimate of drug-likeness (QED) is 0.665. The molecule has 0 aliphatic heterocycles. The first kappa shape index (κ1) is 21.4. The second kappa shape index (κ2) is 9.85. The van der Waals surface area contributed by atoms with Gasteiger partial charge in [0.05, 0.1) is 11.5 Å². The molecule has 0 aliphatic carbocycles. The lowest BCUT2D eigenvalue weighted by molar-refractivity contribution is 0.0954. The molecule has 1 atom stereocenters. The van der Waals surface area contributed by atoms with Gasteiger partial charge in [-0.25, -0.2) is 13.1 Å². The van der Waals surface area contributed by atoms with E-state index in [-0.39, 0.29) is 23.5 Å². The number of carbonyl (C=O) groups is 1. The minimum absolute atomic E-state index is 0.100. The van der Waals surface area contributed by atoms with E-state index in [1.54, 1.807) is 19.1 Å². The average molecular weight is 411 g/mol. The van der Waals surface area contributed by atoms with Crippen LogP contribution in [0.3, 0.4) is 0 Å². The fourth-order valence-corrected chi connectivity index (χ4v) is 3.83. The number of ether oxygens (including phenoxy) is 1. The van der Waals surface area contributed by atoms with Gasteiger partial charge < -0.3 is 10.1 Å². The number of carbonyl (C=O) groups excluding carboxylic acids is 1. The van der Waals surface area contributed by atoms with E-state index in [2.05, 4.69) is 10.0 Å². The summed E-state index contributed by atoms with van der Waals surface area (Å²) in [4.78, 5) is 12.3. The van der Waals surface area contributed by atoms with Gasteiger partial charge in [0.15, 0.2) is 0 Å². The van der Waals surface area contributed by atoms with Crippen LogP contribution >= 0.6 is 11.6 Å². The molecule has 0 aromatic heterocycles. The van der Waals surface area contributed by atoms with Gasteiger partial charge in [0, 0.05) is 30.3 Å². The van der Waals surface area contributed by atoms with Gasteiger partial charge in [-0.2, -0.15) is 0 Å². The fraction of sp³-hybridized carbons (Fsp3) is 0.316. The van der Waals surface area contributed by atoms with E-state index in [0.717, 1.165) is 5.56 Å². The SMILES string of the molecule is COC[C@H](C)NS(=O)(=O)c1ccc(C(=O)NCCc2ccc(Cl)cc2)cc1. The number of sulfonamides is 1. The predicted octanol–water partition coefficient (Wildman–Crippen LogP) is 2.63. The highest BCUT2D eigenvalue weighted by Crippen LogP contribution is 2.12. The summed E-state index contributed by atoms with van der Waals surface area (Å²) in [5, 5.41) is 3.49. The number of halogens is 1. The standard InChI is InChI=1S/C19H23ClN2O4S/c1-14(13-26-2)22-27(24,25)18-9-5-16(6-10-18)19(23)21-12-11-15-3-7-17(20)8-4-15/h3-10,14,22H,11-13H2,1-2H3,(H,21,23)/t14-/m0/s1. The molecular formula is C19H23ClN2O4S. The molecule has 0 spiro atoms. The Labute approximate surface area is 164 Å². The van der Waals surface area contributed by atoms with Crippen molar-refractivity contribution < 1.29 is 17.9 Å². The van der Waals surface area contributed by atoms with Gasteiger partial charge in [-0.3, -0.25) is 4.79 Å². The Balaban J connectivity index is 1.91. The number of rotatable bonds is 9. The zero-order chi connectivity index (χ0) is 19.9. The summed E-state index contributed by atoms with van der Waals surface area (Å²) in [5.74, 6) is -0.256. The Morgan fingerprint density at radius 3 is 2.33 bits per heavy atom. The molecule has 2 aromatic carbocycles. The van der Waals surface area contributed by atoms with E-state index in [1.807, 2.05) is 12.1 Å². The first-order chi connectivity index (χ1) is 12.8. The third kappa shape index (κ3) is 6.62. The van der Waals surface area contributed by atoms with Crippen molar-refractivity contribution >= 4 is 27.5 Å². The Morgan fingerprint density at radius 1 is 1.11 bits per heavy atom. The number of benzene rings is 2. The Kier molecular flexibility index (Phi) is 7.79. The maximum absolute atomic E-state index is 12.3. The second-order valence-corrected chi connectivity index (χ2v) is 8.28. The Hall–Kier alpha value is -1.93. The number of hydrogen-bond donors (Lipinski definition) is 2. The van der Waals surface area contributed by atoms with Gasteiger partial charge >= 0.3 is 0 Å². The van der Waals surface area contributed by atoms with Crippen LogP contribution in [0.25, 0.3) is 0 Å². The van der Waals surface area contributed by atoms with E-state index in [9.17, 15) is 13.2 Å². The highest BCUT2D eigenvalue weighted by molar-refractivity contribution is 7.89. The van der Waals surface area contributed by atoms with Gasteiger partial charge in [0.2, 0.25) is 10.0 Å². The van der Waals surface area contributed by atoms with Crippen molar-refractivity contribution in [3.05, 3.63) is 64.7 Å². The lowest BCUT2D eigenvalue weighted by Gasteiger charge is -2.13. The van der Waals surface area contributed by atoms with Crippen LogP contribution in [0, 0.1) is 0 Å². The van der Waals surface area contributed by atoms with Crippen molar-refractivity contribution in [1.29, 1.82) is 0 Å². The highest BCUT2D eigenvalue weighted by Gasteiger charge is 2.17. The van der Waals surface area contributed by atoms with E-state index < -0.39 is 10.0 Å². The van der Waals surface area contributed by atoms with Crippen molar-refractivity contribution in [2.45, 2.75) is 24.3 Å². The minimum atomic E-state index is -3.65. The van der Waals surface area contributed by atoms with Crippen molar-refractivity contribution in [1.82, 2.24) is 10.0 Å². The van der Waals surface area contributed by atoms with Gasteiger partial charge in [-0.1, -0.05) is 23.7 Å². The van der Waals surface area contributed by atoms with E-state index in [1.165, 1.54) is 31.4 Å². The first-order valence-corrected chi connectivity index (χ1v) is 10.3. The zero-order valence-corrected chi connectivity index (χ0v) is 16.8. The summed E-state index contributed by atoms with van der Waals surface area (Å²) < 4.78 is 32.0. The molecule has 27 heavy (non-hydrogen) atoms. The van der Waals surface area contributed by atoms with Crippen LogP contribution in [0.15, 0.2) is 53.4 Å². The number of nitrogens with one attached hydrogen (secondary N) is 2. The van der Waals surface area contributed by atoms with E-state index >= 15 is 0 Å². The molecule has 146 valence electrons. The van der Waals surface area contributed by atoms with E-state index in [0.29, 0.717) is 23.6 Å². The second-order valence-electron chi connectivity index (χ2n) is 6.13. The summed E-state index contributed by atoms with van der Waals surface area (Å²) in [6.45, 7) is 2.45. The third-order valence-corrected chi connectivity index (χ3v) is 5.67.